The molecule has 0 spiro atoms. The molecule has 1 nitrogen and oxygen atoms in total. The molecule has 0 aliphatic rings. The van der Waals surface area contributed by atoms with Crippen molar-refractivity contribution in [1.29, 1.82) is 0 Å². The van der Waals surface area contributed by atoms with E-state index in [0.29, 0.717) is 4.47 Å². The summed E-state index contributed by atoms with van der Waals surface area (Å²) in [5.74, 6) is -0.195. The molecule has 0 amide bonds. The minimum atomic E-state index is -0.195. The Kier molecular flexibility index (Phi) is 5.60. The molecule has 1 atom stereocenters. The average molecular weight is 302 g/mol. The van der Waals surface area contributed by atoms with Gasteiger partial charge in [0.25, 0.3) is 0 Å². The monoisotopic (exact) mass is 301 g/mol. The Labute approximate surface area is 112 Å². The van der Waals surface area contributed by atoms with Crippen LogP contribution in [-0.2, 0) is 6.42 Å². The van der Waals surface area contributed by atoms with Gasteiger partial charge < -0.3 is 5.32 Å². The van der Waals surface area contributed by atoms with Gasteiger partial charge in [-0.05, 0) is 58.9 Å². The Balaban J connectivity index is 2.81. The van der Waals surface area contributed by atoms with Crippen LogP contribution >= 0.6 is 15.9 Å². The molecule has 1 rings (SSSR count). The molecule has 1 aromatic rings. The van der Waals surface area contributed by atoms with Crippen LogP contribution in [0.2, 0.25) is 0 Å². The van der Waals surface area contributed by atoms with Crippen molar-refractivity contribution >= 4 is 15.9 Å². The zero-order valence-electron chi connectivity index (χ0n) is 10.8. The number of hydrogen-bond donors (Lipinski definition) is 1. The SMILES string of the molecule is CCCC(C)(CNC)Cc1ccc(F)c(Br)c1. The van der Waals surface area contributed by atoms with E-state index in [1.54, 1.807) is 0 Å². The van der Waals surface area contributed by atoms with E-state index in [0.717, 1.165) is 13.0 Å². The highest BCUT2D eigenvalue weighted by Gasteiger charge is 2.23. The van der Waals surface area contributed by atoms with Crippen molar-refractivity contribution in [3.8, 4) is 0 Å². The summed E-state index contributed by atoms with van der Waals surface area (Å²) in [6.45, 7) is 5.47. The highest BCUT2D eigenvalue weighted by atomic mass is 79.9. The Hall–Kier alpha value is -0.410. The zero-order chi connectivity index (χ0) is 12.9. The summed E-state index contributed by atoms with van der Waals surface area (Å²) in [4.78, 5) is 0. The molecule has 17 heavy (non-hydrogen) atoms. The largest absolute Gasteiger partial charge is 0.319 e. The van der Waals surface area contributed by atoms with Crippen LogP contribution in [0, 0.1) is 11.2 Å². The van der Waals surface area contributed by atoms with E-state index < -0.39 is 0 Å². The van der Waals surface area contributed by atoms with E-state index in [-0.39, 0.29) is 11.2 Å². The lowest BCUT2D eigenvalue weighted by molar-refractivity contribution is 0.283. The third-order valence-electron chi connectivity index (χ3n) is 3.07. The van der Waals surface area contributed by atoms with Crippen LogP contribution in [0.3, 0.4) is 0 Å². The van der Waals surface area contributed by atoms with Crippen molar-refractivity contribution < 1.29 is 4.39 Å². The van der Waals surface area contributed by atoms with Crippen LogP contribution in [0.1, 0.15) is 32.3 Å². The Morgan fingerprint density at radius 3 is 2.65 bits per heavy atom. The summed E-state index contributed by atoms with van der Waals surface area (Å²) >= 11 is 3.24. The minimum Gasteiger partial charge on any atom is -0.319 e. The second kappa shape index (κ2) is 6.50. The van der Waals surface area contributed by atoms with Gasteiger partial charge in [0.1, 0.15) is 5.82 Å². The molecule has 96 valence electrons. The van der Waals surface area contributed by atoms with Gasteiger partial charge in [0.05, 0.1) is 4.47 Å². The van der Waals surface area contributed by atoms with E-state index >= 15 is 0 Å². The highest BCUT2D eigenvalue weighted by Crippen LogP contribution is 2.29. The van der Waals surface area contributed by atoms with Crippen molar-refractivity contribution in [2.75, 3.05) is 13.6 Å². The van der Waals surface area contributed by atoms with Crippen LogP contribution in [-0.4, -0.2) is 13.6 Å². The molecular weight excluding hydrogens is 281 g/mol. The molecule has 1 unspecified atom stereocenters. The van der Waals surface area contributed by atoms with Gasteiger partial charge in [-0.2, -0.15) is 0 Å². The Morgan fingerprint density at radius 2 is 2.12 bits per heavy atom. The smallest absolute Gasteiger partial charge is 0.137 e. The normalized spacial score (nSPS) is 14.6. The van der Waals surface area contributed by atoms with Crippen molar-refractivity contribution in [2.45, 2.75) is 33.1 Å². The quantitative estimate of drug-likeness (QED) is 0.832. The first-order chi connectivity index (χ1) is 8.00. The molecule has 1 aromatic carbocycles. The van der Waals surface area contributed by atoms with Crippen molar-refractivity contribution in [1.82, 2.24) is 5.32 Å². The summed E-state index contributed by atoms with van der Waals surface area (Å²) in [6.07, 6.45) is 3.31. The topological polar surface area (TPSA) is 12.0 Å². The van der Waals surface area contributed by atoms with Crippen LogP contribution in [0.4, 0.5) is 4.39 Å². The lowest BCUT2D eigenvalue weighted by atomic mass is 9.79. The van der Waals surface area contributed by atoms with E-state index in [9.17, 15) is 4.39 Å². The molecule has 0 aliphatic heterocycles. The van der Waals surface area contributed by atoms with Crippen LogP contribution in [0.15, 0.2) is 22.7 Å². The molecule has 0 heterocycles. The molecular formula is C14H21BrFN. The van der Waals surface area contributed by atoms with Gasteiger partial charge in [-0.3, -0.25) is 0 Å². The summed E-state index contributed by atoms with van der Waals surface area (Å²) in [7, 11) is 1.98. The standard InChI is InChI=1S/C14H21BrFN/c1-4-7-14(2,10-17-3)9-11-5-6-13(16)12(15)8-11/h5-6,8,17H,4,7,9-10H2,1-3H3. The third kappa shape index (κ3) is 4.40. The summed E-state index contributed by atoms with van der Waals surface area (Å²) in [5, 5.41) is 3.25. The maximum Gasteiger partial charge on any atom is 0.137 e. The summed E-state index contributed by atoms with van der Waals surface area (Å²) in [5.41, 5.74) is 1.42. The van der Waals surface area contributed by atoms with Crippen molar-refractivity contribution in [3.63, 3.8) is 0 Å². The molecule has 0 aliphatic carbocycles. The molecule has 0 saturated carbocycles. The Bertz CT molecular complexity index is 359. The van der Waals surface area contributed by atoms with Gasteiger partial charge in [-0.25, -0.2) is 4.39 Å². The van der Waals surface area contributed by atoms with Crippen LogP contribution < -0.4 is 5.32 Å². The first-order valence-corrected chi connectivity index (χ1v) is 6.88. The second-order valence-corrected chi connectivity index (χ2v) is 5.87. The minimum absolute atomic E-state index is 0.195. The van der Waals surface area contributed by atoms with Gasteiger partial charge in [-0.1, -0.05) is 26.3 Å². The predicted molar refractivity (Wildman–Crippen MR) is 74.7 cm³/mol. The maximum atomic E-state index is 13.2. The average Bonchev–Trinajstić information content (AvgIpc) is 2.24. The predicted octanol–water partition coefficient (Wildman–Crippen LogP) is 4.16. The lowest BCUT2D eigenvalue weighted by Gasteiger charge is -2.29. The van der Waals surface area contributed by atoms with E-state index in [2.05, 4.69) is 35.1 Å². The van der Waals surface area contributed by atoms with Gasteiger partial charge in [-0.15, -0.1) is 0 Å². The van der Waals surface area contributed by atoms with E-state index in [1.165, 1.54) is 24.5 Å². The fraction of sp³-hybridized carbons (Fsp3) is 0.571. The molecule has 0 radical (unpaired) electrons. The van der Waals surface area contributed by atoms with Crippen molar-refractivity contribution in [3.05, 3.63) is 34.1 Å². The lowest BCUT2D eigenvalue weighted by Crippen LogP contribution is -2.31. The summed E-state index contributed by atoms with van der Waals surface area (Å²) < 4.78 is 13.7. The highest BCUT2D eigenvalue weighted by molar-refractivity contribution is 9.10. The van der Waals surface area contributed by atoms with Crippen molar-refractivity contribution in [2.24, 2.45) is 5.41 Å². The first kappa shape index (κ1) is 14.7. The van der Waals surface area contributed by atoms with E-state index in [1.807, 2.05) is 19.2 Å². The summed E-state index contributed by atoms with van der Waals surface area (Å²) in [6, 6.07) is 5.30. The maximum absolute atomic E-state index is 13.2. The van der Waals surface area contributed by atoms with Crippen LogP contribution in [0.25, 0.3) is 0 Å². The van der Waals surface area contributed by atoms with Gasteiger partial charge in [0, 0.05) is 6.54 Å². The second-order valence-electron chi connectivity index (χ2n) is 5.02. The fourth-order valence-corrected chi connectivity index (χ4v) is 2.84. The number of rotatable bonds is 6. The number of nitrogens with one attached hydrogen (secondary N) is 1. The van der Waals surface area contributed by atoms with E-state index in [4.69, 9.17) is 0 Å². The number of halogens is 2. The van der Waals surface area contributed by atoms with Crippen LogP contribution in [0.5, 0.6) is 0 Å². The van der Waals surface area contributed by atoms with Gasteiger partial charge in [0.2, 0.25) is 0 Å². The first-order valence-electron chi connectivity index (χ1n) is 6.09. The molecule has 0 bridgehead atoms. The third-order valence-corrected chi connectivity index (χ3v) is 3.68. The zero-order valence-corrected chi connectivity index (χ0v) is 12.4. The molecule has 0 saturated heterocycles. The number of hydrogen-bond acceptors (Lipinski definition) is 1. The van der Waals surface area contributed by atoms with Gasteiger partial charge >= 0.3 is 0 Å². The molecule has 0 fully saturated rings. The molecule has 0 aromatic heterocycles. The molecule has 3 heteroatoms. The number of benzene rings is 1. The van der Waals surface area contributed by atoms with Gasteiger partial charge in [0.15, 0.2) is 0 Å². The fourth-order valence-electron chi connectivity index (χ4n) is 2.41. The Morgan fingerprint density at radius 1 is 1.41 bits per heavy atom. The molecule has 1 N–H and O–H groups in total.